The van der Waals surface area contributed by atoms with Gasteiger partial charge in [-0.15, -0.1) is 0 Å². The molecule has 1 rings (SSSR count). The molecule has 0 aliphatic heterocycles. The third-order valence-corrected chi connectivity index (χ3v) is 2.71. The number of ether oxygens (including phenoxy) is 1. The van der Waals surface area contributed by atoms with Crippen molar-refractivity contribution in [1.29, 1.82) is 0 Å². The number of halogens is 5. The van der Waals surface area contributed by atoms with Crippen molar-refractivity contribution in [2.24, 2.45) is 0 Å². The maximum Gasteiger partial charge on any atom is 0.417 e. The lowest BCUT2D eigenvalue weighted by Crippen LogP contribution is -2.34. The third-order valence-electron chi connectivity index (χ3n) is 2.22. The van der Waals surface area contributed by atoms with Crippen LogP contribution in [-0.4, -0.2) is 31.0 Å². The van der Waals surface area contributed by atoms with Crippen molar-refractivity contribution in [2.45, 2.75) is 18.8 Å². The Balaban J connectivity index is 2.88. The number of nitrogens with one attached hydrogen (secondary N) is 1. The number of rotatable bonds is 5. The van der Waals surface area contributed by atoms with Crippen LogP contribution in [0.15, 0.2) is 12.1 Å². The smallest absolute Gasteiger partial charge is 0.417 e. The van der Waals surface area contributed by atoms with Gasteiger partial charge in [-0.2, -0.15) is 13.2 Å². The van der Waals surface area contributed by atoms with Crippen LogP contribution in [-0.2, 0) is 6.54 Å². The number of aliphatic hydroxyl groups is 1. The topological polar surface area (TPSA) is 41.5 Å². The SMILES string of the molecule is CNCc1cc(Cl)cc(Cl)c1OCC(O)C(F)(F)F. The summed E-state index contributed by atoms with van der Waals surface area (Å²) in [6.07, 6.45) is -7.30. The molecule has 1 aromatic rings. The molecule has 1 atom stereocenters. The molecule has 0 heterocycles. The number of benzene rings is 1. The number of alkyl halides is 3. The van der Waals surface area contributed by atoms with Gasteiger partial charge in [0.25, 0.3) is 0 Å². The molecular weight excluding hydrogens is 306 g/mol. The van der Waals surface area contributed by atoms with Gasteiger partial charge in [0, 0.05) is 17.1 Å². The lowest BCUT2D eigenvalue weighted by Gasteiger charge is -2.18. The minimum Gasteiger partial charge on any atom is -0.489 e. The van der Waals surface area contributed by atoms with Gasteiger partial charge in [-0.25, -0.2) is 0 Å². The molecule has 0 radical (unpaired) electrons. The molecule has 1 aromatic carbocycles. The second kappa shape index (κ2) is 6.65. The second-order valence-corrected chi connectivity index (χ2v) is 4.62. The van der Waals surface area contributed by atoms with Crippen LogP contribution in [0.5, 0.6) is 5.75 Å². The molecule has 0 aliphatic rings. The maximum atomic E-state index is 12.2. The zero-order chi connectivity index (χ0) is 14.6. The van der Waals surface area contributed by atoms with Crippen LogP contribution in [0, 0.1) is 0 Å². The fraction of sp³-hybridized carbons (Fsp3) is 0.455. The van der Waals surface area contributed by atoms with Crippen LogP contribution in [0.25, 0.3) is 0 Å². The molecule has 0 amide bonds. The lowest BCUT2D eigenvalue weighted by molar-refractivity contribution is -0.210. The van der Waals surface area contributed by atoms with E-state index in [1.807, 2.05) is 0 Å². The van der Waals surface area contributed by atoms with E-state index < -0.39 is 18.9 Å². The van der Waals surface area contributed by atoms with E-state index in [2.05, 4.69) is 5.32 Å². The molecule has 108 valence electrons. The Morgan fingerprint density at radius 1 is 1.37 bits per heavy atom. The summed E-state index contributed by atoms with van der Waals surface area (Å²) in [5.41, 5.74) is 0.509. The van der Waals surface area contributed by atoms with Gasteiger partial charge in [0.15, 0.2) is 6.10 Å². The fourth-order valence-electron chi connectivity index (χ4n) is 1.35. The first-order valence-corrected chi connectivity index (χ1v) is 6.01. The van der Waals surface area contributed by atoms with Crippen molar-refractivity contribution >= 4 is 23.2 Å². The Hall–Kier alpha value is -0.690. The molecule has 0 aliphatic carbocycles. The van der Waals surface area contributed by atoms with Crippen molar-refractivity contribution in [3.63, 3.8) is 0 Å². The summed E-state index contributed by atoms with van der Waals surface area (Å²) >= 11 is 11.7. The summed E-state index contributed by atoms with van der Waals surface area (Å²) in [7, 11) is 1.66. The van der Waals surface area contributed by atoms with Gasteiger partial charge in [-0.1, -0.05) is 23.2 Å². The van der Waals surface area contributed by atoms with Gasteiger partial charge in [-0.05, 0) is 19.2 Å². The molecule has 0 saturated heterocycles. The first kappa shape index (κ1) is 16.4. The van der Waals surface area contributed by atoms with Gasteiger partial charge in [0.05, 0.1) is 5.02 Å². The molecule has 0 spiro atoms. The Kier molecular flexibility index (Phi) is 5.73. The van der Waals surface area contributed by atoms with Crippen LogP contribution in [0.2, 0.25) is 10.0 Å². The normalized spacial score (nSPS) is 13.4. The first-order chi connectivity index (χ1) is 8.75. The number of hydrogen-bond donors (Lipinski definition) is 2. The summed E-state index contributed by atoms with van der Waals surface area (Å²) in [4.78, 5) is 0. The minimum atomic E-state index is -4.73. The van der Waals surface area contributed by atoms with Gasteiger partial charge in [0.2, 0.25) is 0 Å². The van der Waals surface area contributed by atoms with Crippen molar-refractivity contribution in [1.82, 2.24) is 5.32 Å². The van der Waals surface area contributed by atoms with E-state index in [4.69, 9.17) is 33.0 Å². The van der Waals surface area contributed by atoms with E-state index in [1.165, 1.54) is 12.1 Å². The molecule has 0 saturated carbocycles. The molecule has 0 aromatic heterocycles. The van der Waals surface area contributed by atoms with E-state index in [1.54, 1.807) is 7.05 Å². The Morgan fingerprint density at radius 2 is 2.00 bits per heavy atom. The molecular formula is C11H12Cl2F3NO2. The highest BCUT2D eigenvalue weighted by Gasteiger charge is 2.38. The predicted molar refractivity (Wildman–Crippen MR) is 66.8 cm³/mol. The lowest BCUT2D eigenvalue weighted by atomic mass is 10.2. The van der Waals surface area contributed by atoms with Gasteiger partial charge >= 0.3 is 6.18 Å². The molecule has 8 heteroatoms. The van der Waals surface area contributed by atoms with Crippen molar-refractivity contribution in [3.8, 4) is 5.75 Å². The van der Waals surface area contributed by atoms with Crippen molar-refractivity contribution in [2.75, 3.05) is 13.7 Å². The van der Waals surface area contributed by atoms with Gasteiger partial charge in [-0.3, -0.25) is 0 Å². The van der Waals surface area contributed by atoms with Crippen LogP contribution < -0.4 is 10.1 Å². The molecule has 0 bridgehead atoms. The van der Waals surface area contributed by atoms with E-state index >= 15 is 0 Å². The Bertz CT molecular complexity index is 441. The third kappa shape index (κ3) is 4.72. The summed E-state index contributed by atoms with van der Waals surface area (Å²) in [5.74, 6) is 0.0729. The second-order valence-electron chi connectivity index (χ2n) is 3.77. The monoisotopic (exact) mass is 317 g/mol. The zero-order valence-corrected chi connectivity index (χ0v) is 11.4. The number of aliphatic hydroxyl groups excluding tert-OH is 1. The minimum absolute atomic E-state index is 0.0729. The van der Waals surface area contributed by atoms with Gasteiger partial charge in [0.1, 0.15) is 12.4 Å². The molecule has 1 unspecified atom stereocenters. The average Bonchev–Trinajstić information content (AvgIpc) is 2.26. The highest BCUT2D eigenvalue weighted by atomic mass is 35.5. The average molecular weight is 318 g/mol. The highest BCUT2D eigenvalue weighted by Crippen LogP contribution is 2.33. The summed E-state index contributed by atoms with van der Waals surface area (Å²) in [6, 6.07) is 2.89. The van der Waals surface area contributed by atoms with Crippen molar-refractivity contribution < 1.29 is 23.0 Å². The summed E-state index contributed by atoms with van der Waals surface area (Å²) in [5, 5.41) is 12.1. The summed E-state index contributed by atoms with van der Waals surface area (Å²) < 4.78 is 41.5. The van der Waals surface area contributed by atoms with Crippen LogP contribution >= 0.6 is 23.2 Å². The molecule has 3 nitrogen and oxygen atoms in total. The van der Waals surface area contributed by atoms with Crippen molar-refractivity contribution in [3.05, 3.63) is 27.7 Å². The molecule has 0 fully saturated rings. The molecule has 2 N–H and O–H groups in total. The maximum absolute atomic E-state index is 12.2. The summed E-state index contributed by atoms with van der Waals surface area (Å²) in [6.45, 7) is -0.612. The van der Waals surface area contributed by atoms with Crippen LogP contribution in [0.3, 0.4) is 0 Å². The van der Waals surface area contributed by atoms with E-state index in [0.717, 1.165) is 0 Å². The quantitative estimate of drug-likeness (QED) is 0.877. The standard InChI is InChI=1S/C11H12Cl2F3NO2/c1-17-4-6-2-7(12)3-8(13)10(6)19-5-9(18)11(14,15)16/h2-3,9,17-18H,4-5H2,1H3. The first-order valence-electron chi connectivity index (χ1n) is 5.25. The van der Waals surface area contributed by atoms with Crippen LogP contribution in [0.4, 0.5) is 13.2 Å². The van der Waals surface area contributed by atoms with Crippen LogP contribution in [0.1, 0.15) is 5.56 Å². The Morgan fingerprint density at radius 3 is 2.53 bits per heavy atom. The van der Waals surface area contributed by atoms with E-state index in [9.17, 15) is 13.2 Å². The number of hydrogen-bond acceptors (Lipinski definition) is 3. The largest absolute Gasteiger partial charge is 0.489 e. The Labute approximate surface area is 118 Å². The molecule has 19 heavy (non-hydrogen) atoms. The van der Waals surface area contributed by atoms with E-state index in [0.29, 0.717) is 17.1 Å². The predicted octanol–water partition coefficient (Wildman–Crippen LogP) is 3.01. The zero-order valence-electron chi connectivity index (χ0n) is 9.89. The highest BCUT2D eigenvalue weighted by molar-refractivity contribution is 6.35. The fourth-order valence-corrected chi connectivity index (χ4v) is 1.94. The van der Waals surface area contributed by atoms with Gasteiger partial charge < -0.3 is 15.2 Å². The van der Waals surface area contributed by atoms with E-state index in [-0.39, 0.29) is 10.8 Å².